The second-order valence-electron chi connectivity index (χ2n) is 4.84. The molecule has 2 rings (SSSR count). The third kappa shape index (κ3) is 3.11. The maximum Gasteiger partial charge on any atom is 0.258 e. The van der Waals surface area contributed by atoms with Gasteiger partial charge in [-0.25, -0.2) is 4.98 Å². The van der Waals surface area contributed by atoms with Crippen molar-refractivity contribution >= 4 is 11.7 Å². The highest BCUT2D eigenvalue weighted by Gasteiger charge is 2.13. The molecule has 2 heterocycles. The van der Waals surface area contributed by atoms with Gasteiger partial charge in [-0.2, -0.15) is 4.98 Å². The van der Waals surface area contributed by atoms with E-state index in [1.165, 1.54) is 0 Å². The van der Waals surface area contributed by atoms with Gasteiger partial charge in [-0.1, -0.05) is 19.0 Å². The Bertz CT molecular complexity index is 608. The fourth-order valence-electron chi connectivity index (χ4n) is 1.66. The summed E-state index contributed by atoms with van der Waals surface area (Å²) in [5.41, 5.74) is 5.92. The smallest absolute Gasteiger partial charge is 0.258 e. The lowest BCUT2D eigenvalue weighted by Crippen LogP contribution is -2.30. The van der Waals surface area contributed by atoms with Crippen molar-refractivity contribution in [3.63, 3.8) is 0 Å². The molecule has 0 unspecified atom stereocenters. The van der Waals surface area contributed by atoms with Crippen LogP contribution in [0.25, 0.3) is 11.5 Å². The van der Waals surface area contributed by atoms with E-state index in [2.05, 4.69) is 15.1 Å². The molecule has 0 aliphatic carbocycles. The second kappa shape index (κ2) is 5.68. The molecule has 106 valence electrons. The molecule has 20 heavy (non-hydrogen) atoms. The lowest BCUT2D eigenvalue weighted by molar-refractivity contribution is -0.116. The van der Waals surface area contributed by atoms with Crippen molar-refractivity contribution < 1.29 is 9.32 Å². The predicted molar refractivity (Wildman–Crippen MR) is 74.1 cm³/mol. The van der Waals surface area contributed by atoms with Crippen LogP contribution in [0.15, 0.2) is 22.9 Å². The minimum Gasteiger partial charge on any atom is -0.368 e. The third-order valence-corrected chi connectivity index (χ3v) is 2.73. The monoisotopic (exact) mass is 275 g/mol. The van der Waals surface area contributed by atoms with E-state index in [-0.39, 0.29) is 12.5 Å². The molecule has 7 heteroatoms. The highest BCUT2D eigenvalue weighted by molar-refractivity contribution is 5.79. The first kappa shape index (κ1) is 14.0. The number of rotatable bonds is 5. The summed E-state index contributed by atoms with van der Waals surface area (Å²) in [7, 11) is 1.74. The summed E-state index contributed by atoms with van der Waals surface area (Å²) in [5.74, 6) is 1.49. The molecular weight excluding hydrogens is 258 g/mol. The van der Waals surface area contributed by atoms with Crippen LogP contribution >= 0.6 is 0 Å². The number of hydrogen-bond acceptors (Lipinski definition) is 6. The first-order chi connectivity index (χ1) is 9.47. The zero-order chi connectivity index (χ0) is 14.7. The molecule has 0 saturated carbocycles. The van der Waals surface area contributed by atoms with Gasteiger partial charge in [0.1, 0.15) is 5.82 Å². The van der Waals surface area contributed by atoms with Crippen LogP contribution in [0.5, 0.6) is 0 Å². The van der Waals surface area contributed by atoms with Gasteiger partial charge in [0.15, 0.2) is 5.82 Å². The largest absolute Gasteiger partial charge is 0.368 e. The zero-order valence-electron chi connectivity index (χ0n) is 11.7. The third-order valence-electron chi connectivity index (χ3n) is 2.73. The van der Waals surface area contributed by atoms with Gasteiger partial charge in [-0.05, 0) is 12.1 Å². The maximum atomic E-state index is 10.9. The van der Waals surface area contributed by atoms with Crippen molar-refractivity contribution in [3.05, 3.63) is 24.2 Å². The molecule has 0 aromatic carbocycles. The number of hydrogen-bond donors (Lipinski definition) is 1. The standard InChI is InChI=1S/C13H17N5O2/c1-8(2)12-16-13(20-17-12)9-4-5-15-11(6-9)18(3)7-10(14)19/h4-6,8H,7H2,1-3H3,(H2,14,19). The highest BCUT2D eigenvalue weighted by atomic mass is 16.5. The van der Waals surface area contributed by atoms with Crippen LogP contribution in [-0.4, -0.2) is 34.6 Å². The summed E-state index contributed by atoms with van der Waals surface area (Å²) in [6.45, 7) is 4.08. The lowest BCUT2D eigenvalue weighted by Gasteiger charge is -2.15. The molecule has 2 N–H and O–H groups in total. The van der Waals surface area contributed by atoms with Gasteiger partial charge in [-0.3, -0.25) is 4.79 Å². The zero-order valence-corrected chi connectivity index (χ0v) is 11.7. The van der Waals surface area contributed by atoms with E-state index in [4.69, 9.17) is 10.3 Å². The summed E-state index contributed by atoms with van der Waals surface area (Å²) in [4.78, 5) is 21.1. The molecule has 0 radical (unpaired) electrons. The molecule has 0 atom stereocenters. The number of amides is 1. The fraction of sp³-hybridized carbons (Fsp3) is 0.385. The number of anilines is 1. The topological polar surface area (TPSA) is 98.1 Å². The minimum absolute atomic E-state index is 0.0948. The van der Waals surface area contributed by atoms with Crippen LogP contribution in [0.2, 0.25) is 0 Å². The van der Waals surface area contributed by atoms with Crippen LogP contribution in [0, 0.1) is 0 Å². The van der Waals surface area contributed by atoms with Crippen molar-refractivity contribution in [1.82, 2.24) is 15.1 Å². The van der Waals surface area contributed by atoms with Gasteiger partial charge in [-0.15, -0.1) is 0 Å². The molecule has 0 aliphatic heterocycles. The Morgan fingerprint density at radius 3 is 2.85 bits per heavy atom. The van der Waals surface area contributed by atoms with E-state index < -0.39 is 5.91 Å². The van der Waals surface area contributed by atoms with Crippen LogP contribution in [-0.2, 0) is 4.79 Å². The number of carbonyl (C=O) groups excluding carboxylic acids is 1. The molecule has 2 aromatic heterocycles. The molecule has 7 nitrogen and oxygen atoms in total. The average Bonchev–Trinajstić information content (AvgIpc) is 2.88. The van der Waals surface area contributed by atoms with Crippen LogP contribution in [0.1, 0.15) is 25.6 Å². The Balaban J connectivity index is 2.26. The number of nitrogens with zero attached hydrogens (tertiary/aromatic N) is 4. The quantitative estimate of drug-likeness (QED) is 0.879. The molecule has 0 spiro atoms. The Morgan fingerprint density at radius 1 is 1.50 bits per heavy atom. The molecular formula is C13H17N5O2. The van der Waals surface area contributed by atoms with E-state index in [9.17, 15) is 4.79 Å². The summed E-state index contributed by atoms with van der Waals surface area (Å²) in [6, 6.07) is 3.56. The van der Waals surface area contributed by atoms with Crippen LogP contribution in [0.4, 0.5) is 5.82 Å². The second-order valence-corrected chi connectivity index (χ2v) is 4.84. The van der Waals surface area contributed by atoms with Crippen molar-refractivity contribution in [2.45, 2.75) is 19.8 Å². The highest BCUT2D eigenvalue weighted by Crippen LogP contribution is 2.22. The number of nitrogens with two attached hydrogens (primary N) is 1. The number of aromatic nitrogens is 3. The molecule has 0 aliphatic rings. The SMILES string of the molecule is CC(C)c1noc(-c2ccnc(N(C)CC(N)=O)c2)n1. The first-order valence-electron chi connectivity index (χ1n) is 6.27. The molecule has 0 bridgehead atoms. The van der Waals surface area contributed by atoms with Crippen molar-refractivity contribution in [1.29, 1.82) is 0 Å². The van der Waals surface area contributed by atoms with Gasteiger partial charge >= 0.3 is 0 Å². The van der Waals surface area contributed by atoms with E-state index in [0.717, 1.165) is 5.56 Å². The number of primary amides is 1. The Hall–Kier alpha value is -2.44. The Morgan fingerprint density at radius 2 is 2.25 bits per heavy atom. The molecule has 0 fully saturated rings. The van der Waals surface area contributed by atoms with Gasteiger partial charge in [0.25, 0.3) is 5.89 Å². The maximum absolute atomic E-state index is 10.9. The van der Waals surface area contributed by atoms with E-state index in [1.807, 2.05) is 13.8 Å². The van der Waals surface area contributed by atoms with E-state index in [1.54, 1.807) is 30.3 Å². The number of pyridine rings is 1. The van der Waals surface area contributed by atoms with E-state index >= 15 is 0 Å². The van der Waals surface area contributed by atoms with Gasteiger partial charge < -0.3 is 15.2 Å². The molecule has 2 aromatic rings. The van der Waals surface area contributed by atoms with Gasteiger partial charge in [0.2, 0.25) is 5.91 Å². The minimum atomic E-state index is -0.417. The summed E-state index contributed by atoms with van der Waals surface area (Å²) >= 11 is 0. The van der Waals surface area contributed by atoms with Crippen LogP contribution < -0.4 is 10.6 Å². The molecule has 0 saturated heterocycles. The predicted octanol–water partition coefficient (Wildman–Crippen LogP) is 1.18. The van der Waals surface area contributed by atoms with Crippen LogP contribution in [0.3, 0.4) is 0 Å². The normalized spacial score (nSPS) is 10.8. The van der Waals surface area contributed by atoms with Crippen molar-refractivity contribution in [3.8, 4) is 11.5 Å². The fourth-order valence-corrected chi connectivity index (χ4v) is 1.66. The average molecular weight is 275 g/mol. The number of likely N-dealkylation sites (N-methyl/N-ethyl adjacent to an activating group) is 1. The van der Waals surface area contributed by atoms with Gasteiger partial charge in [0, 0.05) is 24.7 Å². The van der Waals surface area contributed by atoms with Crippen molar-refractivity contribution in [2.75, 3.05) is 18.5 Å². The Kier molecular flexibility index (Phi) is 3.97. The number of carbonyl (C=O) groups is 1. The Labute approximate surface area is 116 Å². The van der Waals surface area contributed by atoms with Crippen molar-refractivity contribution in [2.24, 2.45) is 5.73 Å². The van der Waals surface area contributed by atoms with E-state index in [0.29, 0.717) is 17.5 Å². The summed E-state index contributed by atoms with van der Waals surface area (Å²) < 4.78 is 5.23. The molecule has 1 amide bonds. The summed E-state index contributed by atoms with van der Waals surface area (Å²) in [6.07, 6.45) is 1.63. The summed E-state index contributed by atoms with van der Waals surface area (Å²) in [5, 5.41) is 3.92. The first-order valence-corrected chi connectivity index (χ1v) is 6.27. The van der Waals surface area contributed by atoms with Gasteiger partial charge in [0.05, 0.1) is 6.54 Å². The lowest BCUT2D eigenvalue weighted by atomic mass is 10.2.